The van der Waals surface area contributed by atoms with Gasteiger partial charge >= 0.3 is 0 Å². The number of allylic oxidation sites excluding steroid dienone is 3. The summed E-state index contributed by atoms with van der Waals surface area (Å²) in [5, 5.41) is 18.5. The molecule has 3 rings (SSSR count). The highest BCUT2D eigenvalue weighted by molar-refractivity contribution is 6.06. The van der Waals surface area contributed by atoms with Crippen LogP contribution < -0.4 is 0 Å². The first-order chi connectivity index (χ1) is 10.0. The van der Waals surface area contributed by atoms with Gasteiger partial charge in [-0.05, 0) is 25.2 Å². The lowest BCUT2D eigenvalue weighted by Crippen LogP contribution is -2.41. The molecule has 5 atom stereocenters. The SMILES string of the molecule is C=CCCC12C=CC(C1)C1C(=O)N(CC(O)CO)C(=O)C12. The fourth-order valence-electron chi connectivity index (χ4n) is 4.31. The lowest BCUT2D eigenvalue weighted by molar-refractivity contribution is -0.143. The number of β-amino-alcohol motifs (C(OH)–C–C–N with tert-alkyl or cyclic N) is 1. The molecule has 5 nitrogen and oxygen atoms in total. The summed E-state index contributed by atoms with van der Waals surface area (Å²) in [4.78, 5) is 26.3. The highest BCUT2D eigenvalue weighted by atomic mass is 16.3. The van der Waals surface area contributed by atoms with E-state index in [2.05, 4.69) is 18.7 Å². The molecule has 114 valence electrons. The van der Waals surface area contributed by atoms with Crippen molar-refractivity contribution in [2.45, 2.75) is 25.4 Å². The molecule has 1 aliphatic heterocycles. The van der Waals surface area contributed by atoms with E-state index < -0.39 is 12.7 Å². The van der Waals surface area contributed by atoms with E-state index in [0.29, 0.717) is 0 Å². The van der Waals surface area contributed by atoms with Crippen molar-refractivity contribution >= 4 is 11.8 Å². The van der Waals surface area contributed by atoms with Gasteiger partial charge in [-0.3, -0.25) is 14.5 Å². The molecule has 1 saturated carbocycles. The number of hydrogen-bond acceptors (Lipinski definition) is 4. The standard InChI is InChI=1S/C16H21NO4/c1-2-3-5-16-6-4-10(7-16)12-13(16)15(21)17(14(12)20)8-11(19)9-18/h2,4,6,10-13,18-19H,1,3,5,7-9H2. The van der Waals surface area contributed by atoms with E-state index in [1.165, 1.54) is 0 Å². The maximum atomic E-state index is 12.7. The van der Waals surface area contributed by atoms with Crippen LogP contribution in [0.1, 0.15) is 19.3 Å². The van der Waals surface area contributed by atoms with Crippen molar-refractivity contribution in [2.24, 2.45) is 23.2 Å². The van der Waals surface area contributed by atoms with Crippen LogP contribution in [0, 0.1) is 23.2 Å². The first-order valence-corrected chi connectivity index (χ1v) is 7.48. The highest BCUT2D eigenvalue weighted by Crippen LogP contribution is 2.61. The topological polar surface area (TPSA) is 77.8 Å². The molecule has 0 radical (unpaired) electrons. The van der Waals surface area contributed by atoms with Crippen molar-refractivity contribution in [2.75, 3.05) is 13.2 Å². The van der Waals surface area contributed by atoms with Gasteiger partial charge in [0.05, 0.1) is 31.1 Å². The van der Waals surface area contributed by atoms with Gasteiger partial charge in [-0.25, -0.2) is 0 Å². The summed E-state index contributed by atoms with van der Waals surface area (Å²) in [5.41, 5.74) is -0.227. The van der Waals surface area contributed by atoms with Crippen LogP contribution in [-0.4, -0.2) is 46.2 Å². The highest BCUT2D eigenvalue weighted by Gasteiger charge is 2.65. The zero-order valence-corrected chi connectivity index (χ0v) is 11.9. The van der Waals surface area contributed by atoms with E-state index in [1.54, 1.807) is 0 Å². The normalized spacial score (nSPS) is 38.2. The van der Waals surface area contributed by atoms with E-state index in [1.807, 2.05) is 6.08 Å². The fourth-order valence-corrected chi connectivity index (χ4v) is 4.31. The van der Waals surface area contributed by atoms with Gasteiger partial charge < -0.3 is 10.2 Å². The Morgan fingerprint density at radius 2 is 2.24 bits per heavy atom. The van der Waals surface area contributed by atoms with E-state index >= 15 is 0 Å². The summed E-state index contributed by atoms with van der Waals surface area (Å²) in [5.74, 6) is -0.822. The number of carbonyl (C=O) groups excluding carboxylic acids is 2. The van der Waals surface area contributed by atoms with Crippen LogP contribution in [0.5, 0.6) is 0 Å². The molecule has 0 aromatic carbocycles. The first-order valence-electron chi connectivity index (χ1n) is 7.48. The Morgan fingerprint density at radius 1 is 1.48 bits per heavy atom. The van der Waals surface area contributed by atoms with Crippen LogP contribution in [0.25, 0.3) is 0 Å². The smallest absolute Gasteiger partial charge is 0.234 e. The molecule has 2 amide bonds. The van der Waals surface area contributed by atoms with Crippen LogP contribution >= 0.6 is 0 Å². The Balaban J connectivity index is 1.86. The Bertz CT molecular complexity index is 514. The van der Waals surface area contributed by atoms with Crippen molar-refractivity contribution in [1.29, 1.82) is 0 Å². The zero-order valence-electron chi connectivity index (χ0n) is 11.9. The van der Waals surface area contributed by atoms with Gasteiger partial charge in [0.15, 0.2) is 0 Å². The number of carbonyl (C=O) groups is 2. The number of imide groups is 1. The molecule has 2 fully saturated rings. The van der Waals surface area contributed by atoms with Crippen molar-refractivity contribution in [3.05, 3.63) is 24.8 Å². The van der Waals surface area contributed by atoms with Crippen molar-refractivity contribution < 1.29 is 19.8 Å². The summed E-state index contributed by atoms with van der Waals surface area (Å²) in [6.07, 6.45) is 7.48. The molecule has 1 saturated heterocycles. The van der Waals surface area contributed by atoms with E-state index in [0.717, 1.165) is 24.2 Å². The minimum absolute atomic E-state index is 0.106. The van der Waals surface area contributed by atoms with Gasteiger partial charge in [-0.15, -0.1) is 6.58 Å². The number of aliphatic hydroxyl groups is 2. The molecule has 0 aromatic rings. The van der Waals surface area contributed by atoms with Crippen molar-refractivity contribution in [3.63, 3.8) is 0 Å². The Morgan fingerprint density at radius 3 is 2.90 bits per heavy atom. The molecule has 1 heterocycles. The fraction of sp³-hybridized carbons (Fsp3) is 0.625. The first kappa shape index (κ1) is 14.5. The summed E-state index contributed by atoms with van der Waals surface area (Å²) in [6.45, 7) is 3.18. The number of hydrogen-bond donors (Lipinski definition) is 2. The molecule has 5 heteroatoms. The molecule has 2 aliphatic carbocycles. The lowest BCUT2D eigenvalue weighted by Gasteiger charge is -2.30. The van der Waals surface area contributed by atoms with Crippen LogP contribution in [0.2, 0.25) is 0 Å². The number of aliphatic hydroxyl groups excluding tert-OH is 2. The number of likely N-dealkylation sites (tertiary alicyclic amines) is 1. The van der Waals surface area contributed by atoms with Gasteiger partial charge in [0.2, 0.25) is 11.8 Å². The second-order valence-electron chi connectivity index (χ2n) is 6.41. The van der Waals surface area contributed by atoms with Crippen LogP contribution in [-0.2, 0) is 9.59 Å². The van der Waals surface area contributed by atoms with Crippen LogP contribution in [0.15, 0.2) is 24.8 Å². The summed E-state index contributed by atoms with van der Waals surface area (Å²) in [7, 11) is 0. The number of amides is 2. The third-order valence-electron chi connectivity index (χ3n) is 5.23. The summed E-state index contributed by atoms with van der Waals surface area (Å²) < 4.78 is 0. The lowest BCUT2D eigenvalue weighted by atomic mass is 9.72. The monoisotopic (exact) mass is 291 g/mol. The van der Waals surface area contributed by atoms with Gasteiger partial charge in [0.25, 0.3) is 0 Å². The summed E-state index contributed by atoms with van der Waals surface area (Å²) >= 11 is 0. The third-order valence-corrected chi connectivity index (χ3v) is 5.23. The average molecular weight is 291 g/mol. The van der Waals surface area contributed by atoms with Crippen LogP contribution in [0.3, 0.4) is 0 Å². The average Bonchev–Trinajstić information content (AvgIpc) is 3.11. The molecule has 3 aliphatic rings. The van der Waals surface area contributed by atoms with Crippen molar-refractivity contribution in [3.8, 4) is 0 Å². The second kappa shape index (κ2) is 5.07. The van der Waals surface area contributed by atoms with Gasteiger partial charge in [-0.1, -0.05) is 18.2 Å². The Kier molecular flexibility index (Phi) is 3.50. The van der Waals surface area contributed by atoms with Crippen molar-refractivity contribution in [1.82, 2.24) is 4.90 Å². The zero-order chi connectivity index (χ0) is 15.2. The summed E-state index contributed by atoms with van der Waals surface area (Å²) in [6, 6.07) is 0. The van der Waals surface area contributed by atoms with Gasteiger partial charge in [0, 0.05) is 5.41 Å². The molecule has 2 N–H and O–H groups in total. The third kappa shape index (κ3) is 1.99. The number of fused-ring (bicyclic) bond motifs is 5. The number of nitrogens with zero attached hydrogens (tertiary/aromatic N) is 1. The number of rotatable bonds is 6. The van der Waals surface area contributed by atoms with Crippen LogP contribution in [0.4, 0.5) is 0 Å². The maximum absolute atomic E-state index is 12.7. The molecule has 0 spiro atoms. The van der Waals surface area contributed by atoms with Gasteiger partial charge in [-0.2, -0.15) is 0 Å². The maximum Gasteiger partial charge on any atom is 0.234 e. The van der Waals surface area contributed by atoms with E-state index in [4.69, 9.17) is 5.11 Å². The Hall–Kier alpha value is -1.46. The molecule has 5 unspecified atom stereocenters. The predicted octanol–water partition coefficient (Wildman–Crippen LogP) is 0.483. The molecular weight excluding hydrogens is 270 g/mol. The van der Waals surface area contributed by atoms with Gasteiger partial charge in [0.1, 0.15) is 0 Å². The quantitative estimate of drug-likeness (QED) is 0.551. The molecule has 0 aromatic heterocycles. The minimum Gasteiger partial charge on any atom is -0.394 e. The molecular formula is C16H21NO4. The predicted molar refractivity (Wildman–Crippen MR) is 75.9 cm³/mol. The molecule has 21 heavy (non-hydrogen) atoms. The Labute approximate surface area is 123 Å². The largest absolute Gasteiger partial charge is 0.394 e. The minimum atomic E-state index is -1.06. The molecule has 2 bridgehead atoms. The van der Waals surface area contributed by atoms with E-state index in [9.17, 15) is 14.7 Å². The van der Waals surface area contributed by atoms with E-state index in [-0.39, 0.29) is 41.5 Å². The second-order valence-corrected chi connectivity index (χ2v) is 6.41.